The second-order valence-electron chi connectivity index (χ2n) is 6.12. The number of fused-ring (bicyclic) bond motifs is 1. The van der Waals surface area contributed by atoms with Gasteiger partial charge < -0.3 is 14.6 Å². The van der Waals surface area contributed by atoms with Gasteiger partial charge in [0.25, 0.3) is 0 Å². The maximum atomic E-state index is 10.3. The molecule has 0 spiro atoms. The summed E-state index contributed by atoms with van der Waals surface area (Å²) in [6.07, 6.45) is -1.50. The van der Waals surface area contributed by atoms with Crippen LogP contribution in [0.3, 0.4) is 0 Å². The molecule has 21 heavy (non-hydrogen) atoms. The van der Waals surface area contributed by atoms with E-state index < -0.39 is 30.1 Å². The van der Waals surface area contributed by atoms with Gasteiger partial charge in [0.1, 0.15) is 18.2 Å². The molecule has 0 aliphatic carbocycles. The molecule has 2 fully saturated rings. The van der Waals surface area contributed by atoms with Crippen molar-refractivity contribution in [3.63, 3.8) is 0 Å². The maximum absolute atomic E-state index is 10.3. The van der Waals surface area contributed by atoms with Crippen LogP contribution in [0.15, 0.2) is 30.3 Å². The second kappa shape index (κ2) is 5.39. The van der Waals surface area contributed by atoms with Crippen LogP contribution in [0.4, 0.5) is 0 Å². The van der Waals surface area contributed by atoms with E-state index in [4.69, 9.17) is 9.47 Å². The van der Waals surface area contributed by atoms with Crippen molar-refractivity contribution in [2.75, 3.05) is 6.54 Å². The van der Waals surface area contributed by atoms with Crippen molar-refractivity contribution in [3.05, 3.63) is 35.9 Å². The van der Waals surface area contributed by atoms with E-state index in [0.29, 0.717) is 13.1 Å². The molecule has 0 unspecified atom stereocenters. The summed E-state index contributed by atoms with van der Waals surface area (Å²) in [5, 5.41) is 19.9. The Morgan fingerprint density at radius 2 is 1.95 bits per heavy atom. The normalized spacial score (nSPS) is 35.1. The van der Waals surface area contributed by atoms with Crippen LogP contribution >= 0.6 is 0 Å². The molecule has 0 aromatic heterocycles. The fourth-order valence-electron chi connectivity index (χ4n) is 3.16. The van der Waals surface area contributed by atoms with Gasteiger partial charge in [-0.25, -0.2) is 0 Å². The van der Waals surface area contributed by atoms with Gasteiger partial charge in [-0.1, -0.05) is 30.3 Å². The predicted molar refractivity (Wildman–Crippen MR) is 76.1 cm³/mol. The topological polar surface area (TPSA) is 65.7 Å². The van der Waals surface area contributed by atoms with Crippen molar-refractivity contribution in [2.24, 2.45) is 0 Å². The minimum absolute atomic E-state index is 0.410. The van der Waals surface area contributed by atoms with Crippen molar-refractivity contribution >= 4 is 0 Å². The van der Waals surface area contributed by atoms with Crippen LogP contribution in [0.25, 0.3) is 0 Å². The van der Waals surface area contributed by atoms with Crippen molar-refractivity contribution in [1.82, 2.24) is 4.90 Å². The SMILES string of the molecule is CC1(C)O[C@@H]2[C@H](O1)[C@@H](O)CN(Cc1ccccc1)[C@@H]2C#N. The number of aliphatic hydroxyl groups is 1. The molecular weight excluding hydrogens is 268 g/mol. The lowest BCUT2D eigenvalue weighted by atomic mass is 9.94. The summed E-state index contributed by atoms with van der Waals surface area (Å²) in [5.74, 6) is -0.756. The average Bonchev–Trinajstić information content (AvgIpc) is 2.76. The highest BCUT2D eigenvalue weighted by Gasteiger charge is 2.53. The van der Waals surface area contributed by atoms with Gasteiger partial charge in [0, 0.05) is 13.1 Å². The van der Waals surface area contributed by atoms with Crippen LogP contribution < -0.4 is 0 Å². The smallest absolute Gasteiger partial charge is 0.164 e. The highest BCUT2D eigenvalue weighted by atomic mass is 16.8. The van der Waals surface area contributed by atoms with Crippen LogP contribution in [0.2, 0.25) is 0 Å². The quantitative estimate of drug-likeness (QED) is 0.888. The Balaban J connectivity index is 1.81. The number of β-amino-alcohol motifs (C(OH)–C–C–N with tert-alkyl or cyclic N) is 1. The van der Waals surface area contributed by atoms with E-state index in [2.05, 4.69) is 6.07 Å². The number of nitriles is 1. The molecular formula is C16H20N2O3. The third-order valence-electron chi connectivity index (χ3n) is 4.03. The van der Waals surface area contributed by atoms with Crippen LogP contribution in [0.1, 0.15) is 19.4 Å². The Kier molecular flexibility index (Phi) is 3.72. The first kappa shape index (κ1) is 14.5. The molecule has 1 aromatic rings. The minimum atomic E-state index is -0.756. The number of benzene rings is 1. The zero-order valence-corrected chi connectivity index (χ0v) is 12.3. The molecule has 0 radical (unpaired) electrons. The summed E-state index contributed by atoms with van der Waals surface area (Å²) in [6, 6.07) is 11.8. The Morgan fingerprint density at radius 3 is 2.62 bits per heavy atom. The number of rotatable bonds is 2. The third-order valence-corrected chi connectivity index (χ3v) is 4.03. The van der Waals surface area contributed by atoms with E-state index in [1.807, 2.05) is 49.1 Å². The van der Waals surface area contributed by atoms with Gasteiger partial charge in [-0.15, -0.1) is 0 Å². The van der Waals surface area contributed by atoms with E-state index in [9.17, 15) is 10.4 Å². The van der Waals surface area contributed by atoms with E-state index in [1.165, 1.54) is 0 Å². The minimum Gasteiger partial charge on any atom is -0.389 e. The first-order chi connectivity index (χ1) is 10.00. The second-order valence-corrected chi connectivity index (χ2v) is 6.12. The molecule has 2 saturated heterocycles. The van der Waals surface area contributed by atoms with Gasteiger partial charge in [-0.05, 0) is 19.4 Å². The standard InChI is InChI=1S/C16H20N2O3/c1-16(2)20-14-12(8-17)18(10-13(19)15(14)21-16)9-11-6-4-3-5-7-11/h3-7,12-15,19H,9-10H2,1-2H3/t12-,13+,14+,15-/m1/s1. The highest BCUT2D eigenvalue weighted by molar-refractivity contribution is 5.17. The Hall–Kier alpha value is -1.45. The van der Waals surface area contributed by atoms with E-state index in [-0.39, 0.29) is 0 Å². The van der Waals surface area contributed by atoms with Gasteiger partial charge in [0.15, 0.2) is 5.79 Å². The number of hydrogen-bond donors (Lipinski definition) is 1. The summed E-state index contributed by atoms with van der Waals surface area (Å²) in [4.78, 5) is 1.96. The molecule has 3 rings (SSSR count). The number of hydrogen-bond acceptors (Lipinski definition) is 5. The monoisotopic (exact) mass is 288 g/mol. The van der Waals surface area contributed by atoms with Crippen molar-refractivity contribution in [3.8, 4) is 6.07 Å². The Bertz CT molecular complexity index is 540. The fraction of sp³-hybridized carbons (Fsp3) is 0.562. The zero-order valence-electron chi connectivity index (χ0n) is 12.3. The van der Waals surface area contributed by atoms with E-state index >= 15 is 0 Å². The van der Waals surface area contributed by atoms with Gasteiger partial charge in [-0.3, -0.25) is 4.90 Å². The summed E-state index contributed by atoms with van der Waals surface area (Å²) in [7, 11) is 0. The van der Waals surface area contributed by atoms with Crippen molar-refractivity contribution < 1.29 is 14.6 Å². The molecule has 2 aliphatic rings. The fourth-order valence-corrected chi connectivity index (χ4v) is 3.16. The molecule has 2 heterocycles. The van der Waals surface area contributed by atoms with Gasteiger partial charge in [-0.2, -0.15) is 5.26 Å². The lowest BCUT2D eigenvalue weighted by Gasteiger charge is -2.40. The number of nitrogens with zero attached hydrogens (tertiary/aromatic N) is 2. The summed E-state index contributed by atoms with van der Waals surface area (Å²) >= 11 is 0. The summed E-state index contributed by atoms with van der Waals surface area (Å²) in [6.45, 7) is 4.65. The summed E-state index contributed by atoms with van der Waals surface area (Å²) in [5.41, 5.74) is 1.11. The van der Waals surface area contributed by atoms with Crippen molar-refractivity contribution in [1.29, 1.82) is 5.26 Å². The summed E-state index contributed by atoms with van der Waals surface area (Å²) < 4.78 is 11.6. The first-order valence-electron chi connectivity index (χ1n) is 7.21. The zero-order chi connectivity index (χ0) is 15.0. The van der Waals surface area contributed by atoms with Gasteiger partial charge >= 0.3 is 0 Å². The van der Waals surface area contributed by atoms with Gasteiger partial charge in [0.2, 0.25) is 0 Å². The molecule has 0 saturated carbocycles. The molecule has 0 amide bonds. The molecule has 4 atom stereocenters. The Labute approximate surface area is 124 Å². The lowest BCUT2D eigenvalue weighted by molar-refractivity contribution is -0.152. The molecule has 2 aliphatic heterocycles. The van der Waals surface area contributed by atoms with Gasteiger partial charge in [0.05, 0.1) is 12.2 Å². The number of ether oxygens (including phenoxy) is 2. The molecule has 1 aromatic carbocycles. The van der Waals surface area contributed by atoms with Crippen LogP contribution in [-0.2, 0) is 16.0 Å². The number of aliphatic hydroxyl groups excluding tert-OH is 1. The van der Waals surface area contributed by atoms with Crippen LogP contribution in [0.5, 0.6) is 0 Å². The van der Waals surface area contributed by atoms with Crippen LogP contribution in [0, 0.1) is 11.3 Å². The van der Waals surface area contributed by atoms with Crippen LogP contribution in [-0.4, -0.2) is 46.7 Å². The number of likely N-dealkylation sites (tertiary alicyclic amines) is 1. The number of piperidine rings is 1. The molecule has 5 nitrogen and oxygen atoms in total. The maximum Gasteiger partial charge on any atom is 0.164 e. The molecule has 112 valence electrons. The Morgan fingerprint density at radius 1 is 1.29 bits per heavy atom. The van der Waals surface area contributed by atoms with E-state index in [1.54, 1.807) is 0 Å². The average molecular weight is 288 g/mol. The first-order valence-corrected chi connectivity index (χ1v) is 7.21. The predicted octanol–water partition coefficient (Wildman–Crippen LogP) is 1.28. The largest absolute Gasteiger partial charge is 0.389 e. The highest BCUT2D eigenvalue weighted by Crippen LogP contribution is 2.36. The lowest BCUT2D eigenvalue weighted by Crippen LogP contribution is -2.59. The molecule has 5 heteroatoms. The third kappa shape index (κ3) is 2.81. The molecule has 1 N–H and O–H groups in total. The van der Waals surface area contributed by atoms with Crippen molar-refractivity contribution in [2.45, 2.75) is 50.5 Å². The molecule has 0 bridgehead atoms. The van der Waals surface area contributed by atoms with E-state index in [0.717, 1.165) is 5.56 Å².